The molecule has 4 heteroatoms. The SMILES string of the molecule is CCCCCC(C)(C)CNc1cc(=O)[nH]c(CC)n1. The fourth-order valence-corrected chi connectivity index (χ4v) is 2.04. The molecule has 0 saturated heterocycles. The van der Waals surface area contributed by atoms with Crippen LogP contribution in [0.4, 0.5) is 5.82 Å². The number of rotatable bonds is 8. The number of aromatic amines is 1. The summed E-state index contributed by atoms with van der Waals surface area (Å²) in [6.45, 7) is 9.55. The van der Waals surface area contributed by atoms with Crippen LogP contribution >= 0.6 is 0 Å². The van der Waals surface area contributed by atoms with E-state index in [1.807, 2.05) is 6.92 Å². The molecule has 0 atom stereocenters. The van der Waals surface area contributed by atoms with E-state index in [1.165, 1.54) is 31.7 Å². The van der Waals surface area contributed by atoms with Gasteiger partial charge in [-0.05, 0) is 11.8 Å². The Labute approximate surface area is 116 Å². The Hall–Kier alpha value is -1.32. The van der Waals surface area contributed by atoms with Gasteiger partial charge in [0.05, 0.1) is 0 Å². The second kappa shape index (κ2) is 7.31. The minimum atomic E-state index is -0.0851. The van der Waals surface area contributed by atoms with E-state index in [0.29, 0.717) is 5.82 Å². The molecular formula is C15H27N3O. The van der Waals surface area contributed by atoms with Gasteiger partial charge in [0.25, 0.3) is 5.56 Å². The molecule has 0 spiro atoms. The smallest absolute Gasteiger partial charge is 0.252 e. The quantitative estimate of drug-likeness (QED) is 0.709. The standard InChI is InChI=1S/C15H27N3O/c1-5-7-8-9-15(3,4)11-16-13-10-14(19)18-12(6-2)17-13/h10H,5-9,11H2,1-4H3,(H2,16,17,18,19). The monoisotopic (exact) mass is 265 g/mol. The summed E-state index contributed by atoms with van der Waals surface area (Å²) in [5.41, 5.74) is 0.143. The van der Waals surface area contributed by atoms with Gasteiger partial charge in [-0.1, -0.05) is 47.0 Å². The summed E-state index contributed by atoms with van der Waals surface area (Å²) >= 11 is 0. The van der Waals surface area contributed by atoms with Gasteiger partial charge in [0.15, 0.2) is 0 Å². The third kappa shape index (κ3) is 5.90. The van der Waals surface area contributed by atoms with Crippen molar-refractivity contribution in [2.75, 3.05) is 11.9 Å². The highest BCUT2D eigenvalue weighted by Gasteiger charge is 2.17. The molecule has 108 valence electrons. The zero-order chi connectivity index (χ0) is 14.3. The molecule has 0 radical (unpaired) electrons. The van der Waals surface area contributed by atoms with Gasteiger partial charge in [0.2, 0.25) is 0 Å². The number of aryl methyl sites for hydroxylation is 1. The summed E-state index contributed by atoms with van der Waals surface area (Å²) in [5, 5.41) is 3.30. The van der Waals surface area contributed by atoms with Gasteiger partial charge < -0.3 is 10.3 Å². The third-order valence-corrected chi connectivity index (χ3v) is 3.33. The second-order valence-corrected chi connectivity index (χ2v) is 5.91. The normalized spacial score (nSPS) is 11.6. The molecule has 4 nitrogen and oxygen atoms in total. The van der Waals surface area contributed by atoms with E-state index < -0.39 is 0 Å². The van der Waals surface area contributed by atoms with Crippen molar-refractivity contribution in [1.82, 2.24) is 9.97 Å². The fourth-order valence-electron chi connectivity index (χ4n) is 2.04. The number of hydrogen-bond acceptors (Lipinski definition) is 3. The van der Waals surface area contributed by atoms with Gasteiger partial charge in [0, 0.05) is 19.0 Å². The molecule has 2 N–H and O–H groups in total. The van der Waals surface area contributed by atoms with Crippen LogP contribution in [-0.2, 0) is 6.42 Å². The molecule has 0 fully saturated rings. The summed E-state index contributed by atoms with van der Waals surface area (Å²) in [5.74, 6) is 1.42. The van der Waals surface area contributed by atoms with E-state index in [9.17, 15) is 4.79 Å². The van der Waals surface area contributed by atoms with Crippen LogP contribution in [0.2, 0.25) is 0 Å². The van der Waals surface area contributed by atoms with E-state index in [4.69, 9.17) is 0 Å². The Morgan fingerprint density at radius 3 is 2.68 bits per heavy atom. The first-order chi connectivity index (χ1) is 8.96. The van der Waals surface area contributed by atoms with Crippen molar-refractivity contribution in [3.8, 4) is 0 Å². The van der Waals surface area contributed by atoms with Gasteiger partial charge >= 0.3 is 0 Å². The molecule has 0 unspecified atom stereocenters. The van der Waals surface area contributed by atoms with E-state index in [1.54, 1.807) is 0 Å². The van der Waals surface area contributed by atoms with Crippen LogP contribution in [0, 0.1) is 5.41 Å². The van der Waals surface area contributed by atoms with E-state index in [-0.39, 0.29) is 11.0 Å². The van der Waals surface area contributed by atoms with Crippen LogP contribution in [0.25, 0.3) is 0 Å². The van der Waals surface area contributed by atoms with Gasteiger partial charge in [-0.25, -0.2) is 4.98 Å². The van der Waals surface area contributed by atoms with Gasteiger partial charge in [-0.3, -0.25) is 4.79 Å². The average Bonchev–Trinajstić information content (AvgIpc) is 2.36. The molecule has 1 rings (SSSR count). The van der Waals surface area contributed by atoms with Crippen molar-refractivity contribution in [2.24, 2.45) is 5.41 Å². The summed E-state index contributed by atoms with van der Waals surface area (Å²) in [6, 6.07) is 1.53. The lowest BCUT2D eigenvalue weighted by atomic mass is 9.87. The molecule has 0 aromatic carbocycles. The lowest BCUT2D eigenvalue weighted by Crippen LogP contribution is -2.24. The maximum Gasteiger partial charge on any atom is 0.252 e. The summed E-state index contributed by atoms with van der Waals surface area (Å²) in [7, 11) is 0. The van der Waals surface area contributed by atoms with Crippen LogP contribution in [0.15, 0.2) is 10.9 Å². The lowest BCUT2D eigenvalue weighted by Gasteiger charge is -2.25. The minimum absolute atomic E-state index is 0.0851. The molecule has 1 heterocycles. The fraction of sp³-hybridized carbons (Fsp3) is 0.733. The van der Waals surface area contributed by atoms with Crippen LogP contribution in [-0.4, -0.2) is 16.5 Å². The lowest BCUT2D eigenvalue weighted by molar-refractivity contribution is 0.342. The first-order valence-corrected chi connectivity index (χ1v) is 7.31. The third-order valence-electron chi connectivity index (χ3n) is 3.33. The number of anilines is 1. The zero-order valence-corrected chi connectivity index (χ0v) is 12.7. The van der Waals surface area contributed by atoms with Crippen LogP contribution in [0.1, 0.15) is 59.2 Å². The first kappa shape index (κ1) is 15.7. The van der Waals surface area contributed by atoms with Crippen molar-refractivity contribution in [3.63, 3.8) is 0 Å². The highest BCUT2D eigenvalue weighted by atomic mass is 16.1. The van der Waals surface area contributed by atoms with Crippen molar-refractivity contribution < 1.29 is 0 Å². The van der Waals surface area contributed by atoms with Crippen molar-refractivity contribution in [3.05, 3.63) is 22.2 Å². The number of H-pyrrole nitrogens is 1. The molecule has 19 heavy (non-hydrogen) atoms. The minimum Gasteiger partial charge on any atom is -0.369 e. The highest BCUT2D eigenvalue weighted by Crippen LogP contribution is 2.23. The Balaban J connectivity index is 2.55. The zero-order valence-electron chi connectivity index (χ0n) is 12.7. The molecule has 0 aliphatic carbocycles. The predicted octanol–water partition coefficient (Wildman–Crippen LogP) is 3.35. The Morgan fingerprint density at radius 2 is 2.05 bits per heavy atom. The maximum atomic E-state index is 11.5. The second-order valence-electron chi connectivity index (χ2n) is 5.91. The predicted molar refractivity (Wildman–Crippen MR) is 80.6 cm³/mol. The molecule has 0 bridgehead atoms. The van der Waals surface area contributed by atoms with Gasteiger partial charge in [-0.15, -0.1) is 0 Å². The Morgan fingerprint density at radius 1 is 1.32 bits per heavy atom. The molecule has 0 aliphatic heterocycles. The average molecular weight is 265 g/mol. The molecule has 0 aliphatic rings. The molecular weight excluding hydrogens is 238 g/mol. The molecule has 0 amide bonds. The molecule has 1 aromatic heterocycles. The van der Waals surface area contributed by atoms with Crippen LogP contribution in [0.3, 0.4) is 0 Å². The van der Waals surface area contributed by atoms with E-state index >= 15 is 0 Å². The van der Waals surface area contributed by atoms with Crippen LogP contribution < -0.4 is 10.9 Å². The van der Waals surface area contributed by atoms with Crippen molar-refractivity contribution >= 4 is 5.82 Å². The Bertz CT molecular complexity index is 437. The van der Waals surface area contributed by atoms with Crippen LogP contribution in [0.5, 0.6) is 0 Å². The number of unbranched alkanes of at least 4 members (excludes halogenated alkanes) is 2. The number of hydrogen-bond donors (Lipinski definition) is 2. The topological polar surface area (TPSA) is 57.8 Å². The van der Waals surface area contributed by atoms with E-state index in [0.717, 1.165) is 18.8 Å². The number of nitrogens with one attached hydrogen (secondary N) is 2. The molecule has 0 saturated carbocycles. The van der Waals surface area contributed by atoms with Gasteiger partial charge in [-0.2, -0.15) is 0 Å². The molecule has 1 aromatic rings. The maximum absolute atomic E-state index is 11.5. The summed E-state index contributed by atoms with van der Waals surface area (Å²) in [6.07, 6.45) is 5.72. The summed E-state index contributed by atoms with van der Waals surface area (Å²) in [4.78, 5) is 18.6. The highest BCUT2D eigenvalue weighted by molar-refractivity contribution is 5.33. The number of aromatic nitrogens is 2. The van der Waals surface area contributed by atoms with Gasteiger partial charge in [0.1, 0.15) is 11.6 Å². The van der Waals surface area contributed by atoms with Crippen molar-refractivity contribution in [1.29, 1.82) is 0 Å². The first-order valence-electron chi connectivity index (χ1n) is 7.31. The Kier molecular flexibility index (Phi) is 6.06. The summed E-state index contributed by atoms with van der Waals surface area (Å²) < 4.78 is 0. The largest absolute Gasteiger partial charge is 0.369 e. The number of nitrogens with zero attached hydrogens (tertiary/aromatic N) is 1. The van der Waals surface area contributed by atoms with Crippen molar-refractivity contribution in [2.45, 2.75) is 59.8 Å². The van der Waals surface area contributed by atoms with E-state index in [2.05, 4.69) is 36.1 Å².